The van der Waals surface area contributed by atoms with E-state index in [-0.39, 0.29) is 6.42 Å². The molecule has 0 saturated carbocycles. The first-order chi connectivity index (χ1) is 12.8. The fourth-order valence-electron chi connectivity index (χ4n) is 2.86. The lowest BCUT2D eigenvalue weighted by Crippen LogP contribution is -2.42. The van der Waals surface area contributed by atoms with Gasteiger partial charge in [0, 0.05) is 24.8 Å². The van der Waals surface area contributed by atoms with Crippen molar-refractivity contribution in [2.24, 2.45) is 0 Å². The summed E-state index contributed by atoms with van der Waals surface area (Å²) >= 11 is 0. The molecule has 3 nitrogen and oxygen atoms in total. The second-order valence-corrected chi connectivity index (χ2v) is 8.75. The molecule has 27 heavy (non-hydrogen) atoms. The summed E-state index contributed by atoms with van der Waals surface area (Å²) in [5.74, 6) is -9.42. The Morgan fingerprint density at radius 2 is 1.07 bits per heavy atom. The number of rotatable bonds is 13. The molecule has 0 heterocycles. The third kappa shape index (κ3) is 7.13. The second kappa shape index (κ2) is 11.7. The Labute approximate surface area is 157 Å². The van der Waals surface area contributed by atoms with Crippen molar-refractivity contribution in [2.75, 3.05) is 13.2 Å². The zero-order valence-electron chi connectivity index (χ0n) is 15.7. The summed E-state index contributed by atoms with van der Waals surface area (Å²) in [4.78, 5) is 10.2. The van der Waals surface area contributed by atoms with Gasteiger partial charge in [0.1, 0.15) is 0 Å². The van der Waals surface area contributed by atoms with E-state index >= 15 is 0 Å². The first kappa shape index (κ1) is 24.0. The summed E-state index contributed by atoms with van der Waals surface area (Å²) in [6, 6.07) is 0.471. The first-order valence-corrected chi connectivity index (χ1v) is 11.2. The standard InChI is InChI=1S/C18H27F5O3Si/c1-3-25-27(24,26-4-2)12-10-8-6-5-7-9-11-13-14(19)16(21)18(23)17(22)15(13)20/h24H,3-12H2,1-2H3. The topological polar surface area (TPSA) is 38.7 Å². The van der Waals surface area contributed by atoms with Gasteiger partial charge in [0.15, 0.2) is 23.3 Å². The molecule has 9 heteroatoms. The summed E-state index contributed by atoms with van der Waals surface area (Å²) in [5, 5.41) is 0. The normalized spacial score (nSPS) is 12.0. The van der Waals surface area contributed by atoms with Gasteiger partial charge in [0.05, 0.1) is 0 Å². The third-order valence-electron chi connectivity index (χ3n) is 4.21. The summed E-state index contributed by atoms with van der Waals surface area (Å²) in [6.07, 6.45) is 3.90. The van der Waals surface area contributed by atoms with Crippen LogP contribution in [0.4, 0.5) is 22.0 Å². The van der Waals surface area contributed by atoms with Gasteiger partial charge in [-0.05, 0) is 33.1 Å². The van der Waals surface area contributed by atoms with Crippen LogP contribution in [0.25, 0.3) is 0 Å². The highest BCUT2D eigenvalue weighted by Crippen LogP contribution is 2.25. The molecule has 0 aromatic heterocycles. The van der Waals surface area contributed by atoms with Gasteiger partial charge in [-0.25, -0.2) is 22.0 Å². The van der Waals surface area contributed by atoms with E-state index in [0.717, 1.165) is 25.7 Å². The Bertz CT molecular complexity index is 566. The summed E-state index contributed by atoms with van der Waals surface area (Å²) in [5.41, 5.74) is -0.754. The maximum Gasteiger partial charge on any atom is 0.498 e. The third-order valence-corrected chi connectivity index (χ3v) is 6.67. The maximum atomic E-state index is 13.6. The zero-order valence-corrected chi connectivity index (χ0v) is 16.7. The van der Waals surface area contributed by atoms with Crippen molar-refractivity contribution in [2.45, 2.75) is 64.8 Å². The van der Waals surface area contributed by atoms with E-state index in [1.54, 1.807) is 13.8 Å². The predicted molar refractivity (Wildman–Crippen MR) is 93.7 cm³/mol. The van der Waals surface area contributed by atoms with Crippen molar-refractivity contribution in [3.63, 3.8) is 0 Å². The smallest absolute Gasteiger partial charge is 0.390 e. The van der Waals surface area contributed by atoms with Gasteiger partial charge in [-0.15, -0.1) is 0 Å². The average Bonchev–Trinajstić information content (AvgIpc) is 2.63. The lowest BCUT2D eigenvalue weighted by atomic mass is 10.0. The molecule has 0 unspecified atom stereocenters. The van der Waals surface area contributed by atoms with E-state index in [2.05, 4.69) is 0 Å². The van der Waals surface area contributed by atoms with Crippen LogP contribution in [0.1, 0.15) is 57.9 Å². The predicted octanol–water partition coefficient (Wildman–Crippen LogP) is 5.27. The maximum absolute atomic E-state index is 13.6. The van der Waals surface area contributed by atoms with E-state index in [1.807, 2.05) is 0 Å². The van der Waals surface area contributed by atoms with Crippen LogP contribution in [-0.2, 0) is 15.3 Å². The summed E-state index contributed by atoms with van der Waals surface area (Å²) < 4.78 is 77.0. The number of hydrogen-bond donors (Lipinski definition) is 1. The largest absolute Gasteiger partial charge is 0.498 e. The van der Waals surface area contributed by atoms with Crippen LogP contribution < -0.4 is 0 Å². The van der Waals surface area contributed by atoms with Crippen LogP contribution in [0, 0.1) is 29.1 Å². The highest BCUT2D eigenvalue weighted by molar-refractivity contribution is 6.59. The first-order valence-electron chi connectivity index (χ1n) is 9.28. The average molecular weight is 414 g/mol. The minimum Gasteiger partial charge on any atom is -0.390 e. The van der Waals surface area contributed by atoms with Crippen LogP contribution in [0.3, 0.4) is 0 Å². The molecule has 0 spiro atoms. The molecule has 0 fully saturated rings. The van der Waals surface area contributed by atoms with Gasteiger partial charge in [0.25, 0.3) is 0 Å². The molecule has 1 N–H and O–H groups in total. The molecule has 0 aliphatic carbocycles. The summed E-state index contributed by atoms with van der Waals surface area (Å²) in [7, 11) is -3.08. The number of halogens is 5. The Morgan fingerprint density at radius 3 is 1.56 bits per heavy atom. The number of hydrogen-bond acceptors (Lipinski definition) is 3. The quantitative estimate of drug-likeness (QED) is 0.157. The Balaban J connectivity index is 2.31. The molecule has 0 atom stereocenters. The summed E-state index contributed by atoms with van der Waals surface area (Å²) in [6.45, 7) is 4.36. The Morgan fingerprint density at radius 1 is 0.667 bits per heavy atom. The van der Waals surface area contributed by atoms with Gasteiger partial charge in [0.2, 0.25) is 5.82 Å². The van der Waals surface area contributed by atoms with Gasteiger partial charge < -0.3 is 13.6 Å². The lowest BCUT2D eigenvalue weighted by Gasteiger charge is -2.22. The molecule has 0 bridgehead atoms. The Kier molecular flexibility index (Phi) is 10.4. The van der Waals surface area contributed by atoms with Gasteiger partial charge in [-0.2, -0.15) is 0 Å². The van der Waals surface area contributed by atoms with Crippen molar-refractivity contribution < 1.29 is 35.6 Å². The van der Waals surface area contributed by atoms with Crippen molar-refractivity contribution in [3.8, 4) is 0 Å². The molecule has 1 aromatic rings. The molecule has 1 aromatic carbocycles. The van der Waals surface area contributed by atoms with E-state index in [0.29, 0.717) is 32.1 Å². The van der Waals surface area contributed by atoms with Crippen molar-refractivity contribution >= 4 is 8.80 Å². The monoisotopic (exact) mass is 414 g/mol. The van der Waals surface area contributed by atoms with Crippen LogP contribution in [-0.4, -0.2) is 26.8 Å². The SMILES string of the molecule is CCO[Si](O)(CCCCCCCCc1c(F)c(F)c(F)c(F)c1F)OCC. The van der Waals surface area contributed by atoms with E-state index in [9.17, 15) is 26.7 Å². The molecule has 1 rings (SSSR count). The molecule has 156 valence electrons. The second-order valence-electron chi connectivity index (χ2n) is 6.25. The molecular formula is C18H27F5O3Si. The highest BCUT2D eigenvalue weighted by atomic mass is 28.4. The fourth-order valence-corrected chi connectivity index (χ4v) is 4.84. The van der Waals surface area contributed by atoms with Crippen LogP contribution in [0.5, 0.6) is 0 Å². The minimum absolute atomic E-state index is 0.201. The lowest BCUT2D eigenvalue weighted by molar-refractivity contribution is 0.107. The number of unbranched alkanes of at least 4 members (excludes halogenated alkanes) is 5. The molecule has 0 aliphatic heterocycles. The Hall–Kier alpha value is -1.03. The van der Waals surface area contributed by atoms with Crippen LogP contribution >= 0.6 is 0 Å². The fraction of sp³-hybridized carbons (Fsp3) is 0.667. The van der Waals surface area contributed by atoms with Crippen molar-refractivity contribution in [3.05, 3.63) is 34.6 Å². The van der Waals surface area contributed by atoms with E-state index in [4.69, 9.17) is 8.85 Å². The molecule has 0 radical (unpaired) electrons. The molecule has 0 aliphatic rings. The molecule has 0 amide bonds. The van der Waals surface area contributed by atoms with Gasteiger partial charge in [-0.1, -0.05) is 25.7 Å². The van der Waals surface area contributed by atoms with Crippen LogP contribution in [0.2, 0.25) is 6.04 Å². The van der Waals surface area contributed by atoms with E-state index < -0.39 is 43.5 Å². The molecular weight excluding hydrogens is 387 g/mol. The zero-order chi connectivity index (χ0) is 20.4. The van der Waals surface area contributed by atoms with Gasteiger partial charge >= 0.3 is 8.80 Å². The minimum atomic E-state index is -3.08. The van der Waals surface area contributed by atoms with Crippen molar-refractivity contribution in [1.82, 2.24) is 0 Å². The van der Waals surface area contributed by atoms with Crippen molar-refractivity contribution in [1.29, 1.82) is 0 Å². The van der Waals surface area contributed by atoms with Gasteiger partial charge in [-0.3, -0.25) is 0 Å². The van der Waals surface area contributed by atoms with Crippen LogP contribution in [0.15, 0.2) is 0 Å². The molecule has 0 saturated heterocycles. The number of benzene rings is 1. The highest BCUT2D eigenvalue weighted by Gasteiger charge is 2.35. The van der Waals surface area contributed by atoms with E-state index in [1.165, 1.54) is 0 Å².